The molecule has 0 atom stereocenters. The van der Waals surface area contributed by atoms with E-state index >= 15 is 0 Å². The zero-order valence-corrected chi connectivity index (χ0v) is 10.2. The molecule has 0 bridgehead atoms. The fraction of sp³-hybridized carbons (Fsp3) is 0.286. The van der Waals surface area contributed by atoms with Gasteiger partial charge in [-0.3, -0.25) is 9.79 Å². The maximum absolute atomic E-state index is 10.7. The van der Waals surface area contributed by atoms with Crippen molar-refractivity contribution in [1.29, 1.82) is 0 Å². The second-order valence-electron chi connectivity index (χ2n) is 4.29. The van der Waals surface area contributed by atoms with Gasteiger partial charge in [0.2, 0.25) is 5.91 Å². The van der Waals surface area contributed by atoms with Gasteiger partial charge in [0.1, 0.15) is 6.54 Å². The van der Waals surface area contributed by atoms with Crippen LogP contribution in [0.5, 0.6) is 0 Å². The predicted octanol–water partition coefficient (Wildman–Crippen LogP) is 2.09. The number of benzene rings is 1. The maximum Gasteiger partial charge on any atom is 0.239 e. The lowest BCUT2D eigenvalue weighted by molar-refractivity contribution is -0.116. The van der Waals surface area contributed by atoms with Gasteiger partial charge in [-0.15, -0.1) is 0 Å². The molecule has 0 aliphatic heterocycles. The molecule has 1 aliphatic rings. The molecule has 0 saturated heterocycles. The third-order valence-corrected chi connectivity index (χ3v) is 2.74. The van der Waals surface area contributed by atoms with E-state index in [0.717, 1.165) is 36.4 Å². The number of amides is 1. The quantitative estimate of drug-likeness (QED) is 0.850. The van der Waals surface area contributed by atoms with Crippen LogP contribution >= 0.6 is 0 Å². The first-order valence-corrected chi connectivity index (χ1v) is 6.08. The van der Waals surface area contributed by atoms with Gasteiger partial charge in [-0.1, -0.05) is 18.2 Å². The molecule has 0 saturated carbocycles. The van der Waals surface area contributed by atoms with Gasteiger partial charge in [-0.25, -0.2) is 0 Å². The zero-order chi connectivity index (χ0) is 12.8. The van der Waals surface area contributed by atoms with Gasteiger partial charge in [-0.2, -0.15) is 0 Å². The highest BCUT2D eigenvalue weighted by Gasteiger charge is 2.08. The predicted molar refractivity (Wildman–Crippen MR) is 73.5 cm³/mol. The first kappa shape index (κ1) is 12.4. The smallest absolute Gasteiger partial charge is 0.239 e. The van der Waals surface area contributed by atoms with Gasteiger partial charge in [0.05, 0.1) is 0 Å². The van der Waals surface area contributed by atoms with Gasteiger partial charge >= 0.3 is 0 Å². The number of allylic oxidation sites excluding steroid dienone is 2. The number of nitrogens with two attached hydrogens (primary N) is 1. The molecule has 4 heteroatoms. The Kier molecular flexibility index (Phi) is 4.12. The molecule has 0 unspecified atom stereocenters. The van der Waals surface area contributed by atoms with Crippen molar-refractivity contribution in [3.05, 3.63) is 42.1 Å². The summed E-state index contributed by atoms with van der Waals surface area (Å²) in [5.74, 6) is -0.390. The van der Waals surface area contributed by atoms with Crippen molar-refractivity contribution in [1.82, 2.24) is 0 Å². The Bertz CT molecular complexity index is 477. The van der Waals surface area contributed by atoms with Gasteiger partial charge in [-0.05, 0) is 37.5 Å². The third kappa shape index (κ3) is 3.73. The van der Waals surface area contributed by atoms with Crippen molar-refractivity contribution in [2.45, 2.75) is 19.3 Å². The summed E-state index contributed by atoms with van der Waals surface area (Å²) in [6.45, 7) is 0.0739. The van der Waals surface area contributed by atoms with Gasteiger partial charge in [0.15, 0.2) is 0 Å². The van der Waals surface area contributed by atoms with Crippen molar-refractivity contribution in [3.8, 4) is 0 Å². The van der Waals surface area contributed by atoms with E-state index in [1.54, 1.807) is 0 Å². The SMILES string of the molecule is NC(=O)CN=C1C=C(Nc2ccccc2)CCC1. The minimum atomic E-state index is -0.390. The molecule has 2 rings (SSSR count). The van der Waals surface area contributed by atoms with E-state index in [1.165, 1.54) is 0 Å². The van der Waals surface area contributed by atoms with E-state index in [-0.39, 0.29) is 12.5 Å². The molecule has 1 aliphatic carbocycles. The maximum atomic E-state index is 10.7. The number of nitrogens with zero attached hydrogens (tertiary/aromatic N) is 1. The van der Waals surface area contributed by atoms with Crippen LogP contribution in [-0.4, -0.2) is 18.2 Å². The molecule has 0 radical (unpaired) electrons. The topological polar surface area (TPSA) is 67.5 Å². The van der Waals surface area contributed by atoms with Crippen LogP contribution in [0.3, 0.4) is 0 Å². The standard InChI is InChI=1S/C14H17N3O/c15-14(18)10-16-12-7-4-8-13(9-12)17-11-5-2-1-3-6-11/h1-3,5-6,9,17H,4,7-8,10H2,(H2,15,18). The molecule has 0 spiro atoms. The molecule has 0 heterocycles. The average Bonchev–Trinajstić information content (AvgIpc) is 2.38. The lowest BCUT2D eigenvalue weighted by Gasteiger charge is -2.16. The van der Waals surface area contributed by atoms with E-state index in [1.807, 2.05) is 36.4 Å². The first-order valence-electron chi connectivity index (χ1n) is 6.08. The Labute approximate surface area is 107 Å². The van der Waals surface area contributed by atoms with Crippen molar-refractivity contribution in [2.24, 2.45) is 10.7 Å². The molecule has 1 amide bonds. The lowest BCUT2D eigenvalue weighted by Crippen LogP contribution is -2.16. The van der Waals surface area contributed by atoms with Crippen LogP contribution in [-0.2, 0) is 4.79 Å². The highest BCUT2D eigenvalue weighted by Crippen LogP contribution is 2.18. The van der Waals surface area contributed by atoms with E-state index in [4.69, 9.17) is 5.73 Å². The number of carbonyl (C=O) groups is 1. The number of hydrogen-bond acceptors (Lipinski definition) is 3. The van der Waals surface area contributed by atoms with E-state index < -0.39 is 0 Å². The molecule has 0 fully saturated rings. The zero-order valence-electron chi connectivity index (χ0n) is 10.2. The summed E-state index contributed by atoms with van der Waals surface area (Å²) in [5.41, 5.74) is 8.23. The molecule has 4 nitrogen and oxygen atoms in total. The summed E-state index contributed by atoms with van der Waals surface area (Å²) >= 11 is 0. The number of anilines is 1. The molecule has 94 valence electrons. The highest BCUT2D eigenvalue weighted by molar-refractivity contribution is 5.97. The van der Waals surface area contributed by atoms with Crippen LogP contribution in [0.15, 0.2) is 47.1 Å². The van der Waals surface area contributed by atoms with Crippen molar-refractivity contribution >= 4 is 17.3 Å². The Morgan fingerprint density at radius 2 is 2.06 bits per heavy atom. The summed E-state index contributed by atoms with van der Waals surface area (Å²) < 4.78 is 0. The molecular weight excluding hydrogens is 226 g/mol. The Morgan fingerprint density at radius 1 is 1.28 bits per heavy atom. The largest absolute Gasteiger partial charge is 0.368 e. The molecule has 18 heavy (non-hydrogen) atoms. The highest BCUT2D eigenvalue weighted by atomic mass is 16.1. The van der Waals surface area contributed by atoms with Crippen molar-refractivity contribution < 1.29 is 4.79 Å². The van der Waals surface area contributed by atoms with Crippen LogP contribution in [0.25, 0.3) is 0 Å². The van der Waals surface area contributed by atoms with Crippen LogP contribution in [0.1, 0.15) is 19.3 Å². The average molecular weight is 243 g/mol. The van der Waals surface area contributed by atoms with Crippen molar-refractivity contribution in [3.63, 3.8) is 0 Å². The number of primary amides is 1. The summed E-state index contributed by atoms with van der Waals surface area (Å²) in [7, 11) is 0. The Balaban J connectivity index is 2.04. The summed E-state index contributed by atoms with van der Waals surface area (Å²) in [6.07, 6.45) is 4.97. The third-order valence-electron chi connectivity index (χ3n) is 2.74. The van der Waals surface area contributed by atoms with E-state index in [0.29, 0.717) is 0 Å². The van der Waals surface area contributed by atoms with Crippen LogP contribution in [0.4, 0.5) is 5.69 Å². The van der Waals surface area contributed by atoms with E-state index in [2.05, 4.69) is 10.3 Å². The second-order valence-corrected chi connectivity index (χ2v) is 4.29. The Hall–Kier alpha value is -2.10. The molecule has 0 aromatic heterocycles. The van der Waals surface area contributed by atoms with Crippen molar-refractivity contribution in [2.75, 3.05) is 11.9 Å². The number of aliphatic imine (C=N–C) groups is 1. The van der Waals surface area contributed by atoms with Gasteiger partial charge in [0, 0.05) is 17.1 Å². The number of rotatable bonds is 4. The molecule has 3 N–H and O–H groups in total. The molecule has 1 aromatic carbocycles. The summed E-state index contributed by atoms with van der Waals surface area (Å²) in [5, 5.41) is 3.36. The lowest BCUT2D eigenvalue weighted by atomic mass is 10.0. The van der Waals surface area contributed by atoms with Crippen LogP contribution in [0.2, 0.25) is 0 Å². The van der Waals surface area contributed by atoms with Gasteiger partial charge in [0.25, 0.3) is 0 Å². The minimum Gasteiger partial charge on any atom is -0.368 e. The number of hydrogen-bond donors (Lipinski definition) is 2. The fourth-order valence-electron chi connectivity index (χ4n) is 1.92. The van der Waals surface area contributed by atoms with Gasteiger partial charge < -0.3 is 11.1 Å². The molecular formula is C14H17N3O. The normalized spacial score (nSPS) is 17.3. The second kappa shape index (κ2) is 6.00. The van der Waals surface area contributed by atoms with Crippen LogP contribution < -0.4 is 11.1 Å². The summed E-state index contributed by atoms with van der Waals surface area (Å²) in [4.78, 5) is 14.9. The first-order chi connectivity index (χ1) is 8.74. The number of carbonyl (C=O) groups excluding carboxylic acids is 1. The fourth-order valence-corrected chi connectivity index (χ4v) is 1.92. The van der Waals surface area contributed by atoms with Crippen LogP contribution in [0, 0.1) is 0 Å². The minimum absolute atomic E-state index is 0.0739. The van der Waals surface area contributed by atoms with E-state index in [9.17, 15) is 4.79 Å². The Morgan fingerprint density at radius 3 is 2.78 bits per heavy atom. The summed E-state index contributed by atoms with van der Waals surface area (Å²) in [6, 6.07) is 10.0. The number of para-hydroxylation sites is 1. The molecule has 1 aromatic rings. The monoisotopic (exact) mass is 243 g/mol. The number of nitrogens with one attached hydrogen (secondary N) is 1.